The normalized spacial score (nSPS) is 18.0. The Hall–Kier alpha value is -1.31. The van der Waals surface area contributed by atoms with Crippen LogP contribution in [0.25, 0.3) is 0 Å². The van der Waals surface area contributed by atoms with Crippen LogP contribution >= 0.6 is 0 Å². The molecule has 0 radical (unpaired) electrons. The summed E-state index contributed by atoms with van der Waals surface area (Å²) in [5, 5.41) is 0. The third-order valence-electron chi connectivity index (χ3n) is 4.11. The Bertz CT molecular complexity index is 535. The zero-order valence-electron chi connectivity index (χ0n) is 14.2. The van der Waals surface area contributed by atoms with Gasteiger partial charge in [0.15, 0.2) is 5.78 Å². The topological polar surface area (TPSA) is 26.3 Å². The minimum absolute atomic E-state index is 0.00263. The molecule has 0 amide bonds. The van der Waals surface area contributed by atoms with Crippen molar-refractivity contribution >= 4 is 5.78 Å². The fourth-order valence-electron chi connectivity index (χ4n) is 3.25. The third-order valence-corrected chi connectivity index (χ3v) is 4.11. The largest absolute Gasteiger partial charge is 0.492 e. The second kappa shape index (κ2) is 5.47. The summed E-state index contributed by atoms with van der Waals surface area (Å²) in [6.45, 7) is 13.9. The summed E-state index contributed by atoms with van der Waals surface area (Å²) in [7, 11) is 0. The highest BCUT2D eigenvalue weighted by Crippen LogP contribution is 2.39. The average molecular weight is 288 g/mol. The number of fused-ring (bicyclic) bond motifs is 1. The number of carbonyl (C=O) groups is 1. The van der Waals surface area contributed by atoms with Gasteiger partial charge in [-0.15, -0.1) is 0 Å². The molecule has 1 unspecified atom stereocenters. The third kappa shape index (κ3) is 3.87. The summed E-state index contributed by atoms with van der Waals surface area (Å²) in [6.07, 6.45) is 1.69. The minimum Gasteiger partial charge on any atom is -0.492 e. The Kier molecular flexibility index (Phi) is 4.19. The summed E-state index contributed by atoms with van der Waals surface area (Å²) in [5.74, 6) is 1.59. The minimum atomic E-state index is 0.00263. The molecule has 1 heterocycles. The van der Waals surface area contributed by atoms with Crippen LogP contribution in [0.15, 0.2) is 18.2 Å². The highest BCUT2D eigenvalue weighted by molar-refractivity contribution is 5.96. The number of ketones is 1. The van der Waals surface area contributed by atoms with E-state index in [1.807, 2.05) is 18.2 Å². The van der Waals surface area contributed by atoms with Crippen LogP contribution in [0, 0.1) is 11.3 Å². The molecule has 0 saturated carbocycles. The van der Waals surface area contributed by atoms with Crippen molar-refractivity contribution in [3.8, 4) is 5.75 Å². The lowest BCUT2D eigenvalue weighted by Crippen LogP contribution is -2.19. The fraction of sp³-hybridized carbons (Fsp3) is 0.632. The summed E-state index contributed by atoms with van der Waals surface area (Å²) < 4.78 is 5.68. The lowest BCUT2D eigenvalue weighted by Gasteiger charge is -2.23. The number of hydrogen-bond acceptors (Lipinski definition) is 2. The van der Waals surface area contributed by atoms with E-state index in [0.717, 1.165) is 23.3 Å². The first-order valence-electron chi connectivity index (χ1n) is 7.89. The number of rotatable bonds is 4. The monoisotopic (exact) mass is 288 g/mol. The van der Waals surface area contributed by atoms with Gasteiger partial charge in [-0.3, -0.25) is 4.79 Å². The Morgan fingerprint density at radius 2 is 2.00 bits per heavy atom. The second-order valence-corrected chi connectivity index (χ2v) is 8.38. The Labute approximate surface area is 128 Å². The predicted molar refractivity (Wildman–Crippen MR) is 87.1 cm³/mol. The van der Waals surface area contributed by atoms with Gasteiger partial charge >= 0.3 is 0 Å². The van der Waals surface area contributed by atoms with Crippen LogP contribution in [-0.4, -0.2) is 12.4 Å². The molecule has 0 spiro atoms. The Balaban J connectivity index is 2.11. The molecule has 1 aliphatic rings. The smallest absolute Gasteiger partial charge is 0.163 e. The van der Waals surface area contributed by atoms with E-state index in [1.165, 1.54) is 0 Å². The molecule has 2 rings (SSSR count). The van der Waals surface area contributed by atoms with E-state index < -0.39 is 0 Å². The van der Waals surface area contributed by atoms with Crippen LogP contribution in [0.2, 0.25) is 0 Å². The fourth-order valence-corrected chi connectivity index (χ4v) is 3.25. The van der Waals surface area contributed by atoms with Gasteiger partial charge in [-0.2, -0.15) is 0 Å². The van der Waals surface area contributed by atoms with Crippen LogP contribution < -0.4 is 4.74 Å². The first-order valence-corrected chi connectivity index (χ1v) is 7.89. The molecule has 0 aliphatic carbocycles. The van der Waals surface area contributed by atoms with E-state index >= 15 is 0 Å². The molecule has 2 nitrogen and oxygen atoms in total. The molecule has 0 saturated heterocycles. The summed E-state index contributed by atoms with van der Waals surface area (Å²) in [4.78, 5) is 12.5. The molecule has 21 heavy (non-hydrogen) atoms. The quantitative estimate of drug-likeness (QED) is 0.729. The van der Waals surface area contributed by atoms with E-state index in [2.05, 4.69) is 41.5 Å². The van der Waals surface area contributed by atoms with Crippen molar-refractivity contribution in [2.24, 2.45) is 11.3 Å². The van der Waals surface area contributed by atoms with Gasteiger partial charge in [-0.1, -0.05) is 41.5 Å². The molecular formula is C19H28O2. The van der Waals surface area contributed by atoms with Gasteiger partial charge in [0.25, 0.3) is 0 Å². The summed E-state index contributed by atoms with van der Waals surface area (Å²) in [5.41, 5.74) is 2.26. The molecule has 0 N–H and O–H groups in total. The van der Waals surface area contributed by atoms with Crippen molar-refractivity contribution in [1.82, 2.24) is 0 Å². The highest BCUT2D eigenvalue weighted by Gasteiger charge is 2.32. The Morgan fingerprint density at radius 3 is 2.62 bits per heavy atom. The van der Waals surface area contributed by atoms with Gasteiger partial charge in [-0.25, -0.2) is 0 Å². The maximum atomic E-state index is 12.5. The number of ether oxygens (including phenoxy) is 1. The van der Waals surface area contributed by atoms with Crippen molar-refractivity contribution in [2.45, 2.75) is 59.8 Å². The van der Waals surface area contributed by atoms with Gasteiger partial charge < -0.3 is 4.74 Å². The van der Waals surface area contributed by atoms with E-state index in [-0.39, 0.29) is 16.6 Å². The highest BCUT2D eigenvalue weighted by atomic mass is 16.5. The van der Waals surface area contributed by atoms with Crippen molar-refractivity contribution in [2.75, 3.05) is 6.61 Å². The van der Waals surface area contributed by atoms with Crippen molar-refractivity contribution < 1.29 is 9.53 Å². The summed E-state index contributed by atoms with van der Waals surface area (Å²) >= 11 is 0. The number of benzene rings is 1. The maximum absolute atomic E-state index is 12.5. The van der Waals surface area contributed by atoms with E-state index in [0.29, 0.717) is 18.9 Å². The van der Waals surface area contributed by atoms with Crippen LogP contribution in [0.5, 0.6) is 5.75 Å². The van der Waals surface area contributed by atoms with Gasteiger partial charge in [0.1, 0.15) is 5.75 Å². The first-order chi connectivity index (χ1) is 9.58. The lowest BCUT2D eigenvalue weighted by atomic mass is 9.82. The second-order valence-electron chi connectivity index (χ2n) is 8.38. The van der Waals surface area contributed by atoms with Gasteiger partial charge in [-0.05, 0) is 36.0 Å². The van der Waals surface area contributed by atoms with Crippen LogP contribution in [0.4, 0.5) is 0 Å². The number of hydrogen-bond donors (Lipinski definition) is 0. The molecule has 2 heteroatoms. The predicted octanol–water partition coefficient (Wildman–Crippen LogP) is 5.00. The molecule has 1 atom stereocenters. The molecule has 116 valence electrons. The first kappa shape index (κ1) is 16.1. The van der Waals surface area contributed by atoms with Gasteiger partial charge in [0, 0.05) is 23.0 Å². The average Bonchev–Trinajstić information content (AvgIpc) is 2.62. The zero-order valence-corrected chi connectivity index (χ0v) is 14.2. The molecule has 0 bridgehead atoms. The van der Waals surface area contributed by atoms with Crippen molar-refractivity contribution in [1.29, 1.82) is 0 Å². The van der Waals surface area contributed by atoms with Crippen LogP contribution in [0.3, 0.4) is 0 Å². The lowest BCUT2D eigenvalue weighted by molar-refractivity contribution is 0.0954. The zero-order chi connectivity index (χ0) is 15.8. The molecule has 0 fully saturated rings. The SMILES string of the molecule is CC(CC(=O)c1ccc2c(c1)C(C)(C)CO2)CC(C)(C)C. The Morgan fingerprint density at radius 1 is 1.33 bits per heavy atom. The molecule has 1 aliphatic heterocycles. The van der Waals surface area contributed by atoms with Crippen molar-refractivity contribution in [3.63, 3.8) is 0 Å². The summed E-state index contributed by atoms with van der Waals surface area (Å²) in [6, 6.07) is 5.90. The van der Waals surface area contributed by atoms with Gasteiger partial charge in [0.2, 0.25) is 0 Å². The van der Waals surface area contributed by atoms with Gasteiger partial charge in [0.05, 0.1) is 6.61 Å². The standard InChI is InChI=1S/C19H28O2/c1-13(11-18(2,3)4)9-16(20)14-7-8-17-15(10-14)19(5,6)12-21-17/h7-8,10,13H,9,11-12H2,1-6H3. The molecular weight excluding hydrogens is 260 g/mol. The van der Waals surface area contributed by atoms with E-state index in [1.54, 1.807) is 0 Å². The molecule has 1 aromatic carbocycles. The number of Topliss-reactive ketones (excluding diaryl/α,β-unsaturated/α-hetero) is 1. The van der Waals surface area contributed by atoms with Crippen molar-refractivity contribution in [3.05, 3.63) is 29.3 Å². The van der Waals surface area contributed by atoms with E-state index in [9.17, 15) is 4.79 Å². The molecule has 1 aromatic rings. The molecule has 0 aromatic heterocycles. The maximum Gasteiger partial charge on any atom is 0.163 e. The van der Waals surface area contributed by atoms with Crippen LogP contribution in [-0.2, 0) is 5.41 Å². The van der Waals surface area contributed by atoms with E-state index in [4.69, 9.17) is 4.74 Å². The van der Waals surface area contributed by atoms with Crippen LogP contribution in [0.1, 0.15) is 70.3 Å². The number of carbonyl (C=O) groups excluding carboxylic acids is 1.